The van der Waals surface area contributed by atoms with Gasteiger partial charge in [0.1, 0.15) is 0 Å². The molecule has 0 bridgehead atoms. The van der Waals surface area contributed by atoms with E-state index in [4.69, 9.17) is 0 Å². The van der Waals surface area contributed by atoms with Gasteiger partial charge in [0.05, 0.1) is 6.42 Å². The fraction of sp³-hybridized carbons (Fsp3) is 0.278. The van der Waals surface area contributed by atoms with Crippen molar-refractivity contribution in [3.63, 3.8) is 0 Å². The van der Waals surface area contributed by atoms with Crippen LogP contribution in [-0.4, -0.2) is 5.91 Å². The van der Waals surface area contributed by atoms with Crippen molar-refractivity contribution in [1.82, 2.24) is 0 Å². The van der Waals surface area contributed by atoms with Gasteiger partial charge < -0.3 is 5.32 Å². The molecule has 0 aliphatic rings. The zero-order valence-electron chi connectivity index (χ0n) is 12.6. The fourth-order valence-corrected chi connectivity index (χ4v) is 2.54. The third kappa shape index (κ3) is 4.71. The molecule has 0 spiro atoms. The molecule has 2 aromatic carbocycles. The lowest BCUT2D eigenvalue weighted by molar-refractivity contribution is -0.115. The number of carbonyl (C=O) groups excluding carboxylic acids is 1. The zero-order chi connectivity index (χ0) is 15.5. The summed E-state index contributed by atoms with van der Waals surface area (Å²) in [5, 5.41) is 2.93. The first-order valence-electron chi connectivity index (χ1n) is 6.99. The molecular weight excluding hydrogens is 326 g/mol. The van der Waals surface area contributed by atoms with Gasteiger partial charge in [0.25, 0.3) is 0 Å². The number of nitrogens with one attached hydrogen (secondary N) is 1. The second-order valence-electron chi connectivity index (χ2n) is 6.18. The molecule has 0 aliphatic carbocycles. The first-order valence-corrected chi connectivity index (χ1v) is 7.79. The van der Waals surface area contributed by atoms with Gasteiger partial charge in [-0.3, -0.25) is 4.79 Å². The van der Waals surface area contributed by atoms with E-state index in [0.717, 1.165) is 15.7 Å². The maximum atomic E-state index is 12.0. The summed E-state index contributed by atoms with van der Waals surface area (Å²) in [4.78, 5) is 12.0. The third-order valence-electron chi connectivity index (χ3n) is 3.29. The molecule has 0 saturated heterocycles. The van der Waals surface area contributed by atoms with Crippen LogP contribution in [0.4, 0.5) is 5.69 Å². The molecule has 2 aromatic rings. The summed E-state index contributed by atoms with van der Waals surface area (Å²) in [6.45, 7) is 6.52. The van der Waals surface area contributed by atoms with Crippen LogP contribution in [-0.2, 0) is 16.6 Å². The Kier molecular flexibility index (Phi) is 4.84. The van der Waals surface area contributed by atoms with Crippen molar-refractivity contribution in [3.8, 4) is 0 Å². The standard InChI is InChI=1S/C18H20BrNO/c1-18(2,3)14-7-9-16(10-8-14)20-17(21)12-13-5-4-6-15(19)11-13/h4-11H,12H2,1-3H3,(H,20,21). The van der Waals surface area contributed by atoms with Gasteiger partial charge in [0.2, 0.25) is 5.91 Å². The van der Waals surface area contributed by atoms with E-state index in [2.05, 4.69) is 54.2 Å². The van der Waals surface area contributed by atoms with E-state index in [0.29, 0.717) is 6.42 Å². The predicted octanol–water partition coefficient (Wildman–Crippen LogP) is 4.93. The van der Waals surface area contributed by atoms with Crippen molar-refractivity contribution in [3.05, 3.63) is 64.1 Å². The van der Waals surface area contributed by atoms with Gasteiger partial charge in [-0.05, 0) is 40.8 Å². The SMILES string of the molecule is CC(C)(C)c1ccc(NC(=O)Cc2cccc(Br)c2)cc1. The van der Waals surface area contributed by atoms with Gasteiger partial charge in [0.15, 0.2) is 0 Å². The van der Waals surface area contributed by atoms with Crippen molar-refractivity contribution in [2.24, 2.45) is 0 Å². The highest BCUT2D eigenvalue weighted by molar-refractivity contribution is 9.10. The molecular formula is C18H20BrNO. The molecule has 0 heterocycles. The van der Waals surface area contributed by atoms with Gasteiger partial charge in [0, 0.05) is 10.2 Å². The van der Waals surface area contributed by atoms with E-state index in [1.807, 2.05) is 36.4 Å². The highest BCUT2D eigenvalue weighted by Gasteiger charge is 2.13. The van der Waals surface area contributed by atoms with E-state index in [1.165, 1.54) is 5.56 Å². The topological polar surface area (TPSA) is 29.1 Å². The molecule has 3 heteroatoms. The Morgan fingerprint density at radius 1 is 1.10 bits per heavy atom. The van der Waals surface area contributed by atoms with E-state index < -0.39 is 0 Å². The summed E-state index contributed by atoms with van der Waals surface area (Å²) in [5.74, 6) is -0.00314. The van der Waals surface area contributed by atoms with Gasteiger partial charge in [-0.25, -0.2) is 0 Å². The number of halogens is 1. The van der Waals surface area contributed by atoms with Gasteiger partial charge >= 0.3 is 0 Å². The molecule has 1 N–H and O–H groups in total. The minimum Gasteiger partial charge on any atom is -0.326 e. The summed E-state index contributed by atoms with van der Waals surface area (Å²) in [6.07, 6.45) is 0.375. The smallest absolute Gasteiger partial charge is 0.228 e. The largest absolute Gasteiger partial charge is 0.326 e. The number of rotatable bonds is 3. The third-order valence-corrected chi connectivity index (χ3v) is 3.78. The van der Waals surface area contributed by atoms with Crippen molar-refractivity contribution >= 4 is 27.5 Å². The summed E-state index contributed by atoms with van der Waals surface area (Å²) in [7, 11) is 0. The predicted molar refractivity (Wildman–Crippen MR) is 91.6 cm³/mol. The Balaban J connectivity index is 2.00. The Hall–Kier alpha value is -1.61. The second kappa shape index (κ2) is 6.44. The van der Waals surface area contributed by atoms with Crippen LogP contribution in [0, 0.1) is 0 Å². The van der Waals surface area contributed by atoms with E-state index in [9.17, 15) is 4.79 Å². The molecule has 1 amide bonds. The Morgan fingerprint density at radius 2 is 1.76 bits per heavy atom. The molecule has 0 radical (unpaired) electrons. The van der Waals surface area contributed by atoms with E-state index >= 15 is 0 Å². The van der Waals surface area contributed by atoms with E-state index in [-0.39, 0.29) is 11.3 Å². The number of amides is 1. The van der Waals surface area contributed by atoms with Crippen LogP contribution in [0.3, 0.4) is 0 Å². The van der Waals surface area contributed by atoms with Gasteiger partial charge in [-0.2, -0.15) is 0 Å². The van der Waals surface area contributed by atoms with Crippen molar-refractivity contribution in [1.29, 1.82) is 0 Å². The van der Waals surface area contributed by atoms with Crippen LogP contribution in [0.2, 0.25) is 0 Å². The molecule has 110 valence electrons. The maximum absolute atomic E-state index is 12.0. The zero-order valence-corrected chi connectivity index (χ0v) is 14.2. The second-order valence-corrected chi connectivity index (χ2v) is 7.10. The summed E-state index contributed by atoms with van der Waals surface area (Å²) in [5.41, 5.74) is 3.21. The van der Waals surface area contributed by atoms with Crippen LogP contribution in [0.5, 0.6) is 0 Å². The Labute approximate surface area is 134 Å². The lowest BCUT2D eigenvalue weighted by atomic mass is 9.87. The van der Waals surface area contributed by atoms with Crippen molar-refractivity contribution in [2.45, 2.75) is 32.6 Å². The average Bonchev–Trinajstić information content (AvgIpc) is 2.38. The van der Waals surface area contributed by atoms with Gasteiger partial charge in [-0.15, -0.1) is 0 Å². The molecule has 2 rings (SSSR count). The lowest BCUT2D eigenvalue weighted by Crippen LogP contribution is -2.15. The monoisotopic (exact) mass is 345 g/mol. The summed E-state index contributed by atoms with van der Waals surface area (Å²) < 4.78 is 0.988. The van der Waals surface area contributed by atoms with Crippen LogP contribution in [0.1, 0.15) is 31.9 Å². The molecule has 0 unspecified atom stereocenters. The van der Waals surface area contributed by atoms with Crippen LogP contribution in [0.15, 0.2) is 53.0 Å². The number of hydrogen-bond donors (Lipinski definition) is 1. The molecule has 0 aliphatic heterocycles. The minimum atomic E-state index is -0.00314. The number of anilines is 1. The van der Waals surface area contributed by atoms with Gasteiger partial charge in [-0.1, -0.05) is 61.0 Å². The molecule has 0 fully saturated rings. The lowest BCUT2D eigenvalue weighted by Gasteiger charge is -2.19. The highest BCUT2D eigenvalue weighted by Crippen LogP contribution is 2.23. The Morgan fingerprint density at radius 3 is 2.33 bits per heavy atom. The average molecular weight is 346 g/mol. The number of hydrogen-bond acceptors (Lipinski definition) is 1. The van der Waals surface area contributed by atoms with Crippen LogP contribution in [0.25, 0.3) is 0 Å². The first-order chi connectivity index (χ1) is 9.84. The quantitative estimate of drug-likeness (QED) is 0.839. The highest BCUT2D eigenvalue weighted by atomic mass is 79.9. The minimum absolute atomic E-state index is 0.00314. The molecule has 21 heavy (non-hydrogen) atoms. The summed E-state index contributed by atoms with van der Waals surface area (Å²) in [6, 6.07) is 15.8. The first kappa shape index (κ1) is 15.8. The maximum Gasteiger partial charge on any atom is 0.228 e. The van der Waals surface area contributed by atoms with Crippen molar-refractivity contribution < 1.29 is 4.79 Å². The molecule has 0 atom stereocenters. The molecule has 0 saturated carbocycles. The molecule has 2 nitrogen and oxygen atoms in total. The molecule has 0 aromatic heterocycles. The normalized spacial score (nSPS) is 11.2. The van der Waals surface area contributed by atoms with Crippen molar-refractivity contribution in [2.75, 3.05) is 5.32 Å². The van der Waals surface area contributed by atoms with Crippen LogP contribution < -0.4 is 5.32 Å². The van der Waals surface area contributed by atoms with E-state index in [1.54, 1.807) is 0 Å². The number of benzene rings is 2. The Bertz CT molecular complexity index is 626. The van der Waals surface area contributed by atoms with Crippen LogP contribution >= 0.6 is 15.9 Å². The summed E-state index contributed by atoms with van der Waals surface area (Å²) >= 11 is 3.41. The fourth-order valence-electron chi connectivity index (χ4n) is 2.09. The number of carbonyl (C=O) groups is 1.